The second kappa shape index (κ2) is 8.71. The number of para-hydroxylation sites is 1. The Kier molecular flexibility index (Phi) is 4.92. The Morgan fingerprint density at radius 1 is 0.488 bits per heavy atom. The predicted molar refractivity (Wildman–Crippen MR) is 181 cm³/mol. The molecule has 0 bridgehead atoms. The molecule has 0 radical (unpaired) electrons. The van der Waals surface area contributed by atoms with Gasteiger partial charge in [0.15, 0.2) is 0 Å². The first-order valence-electron chi connectivity index (χ1n) is 13.9. The van der Waals surface area contributed by atoms with E-state index in [1.807, 2.05) is 22.7 Å². The molecule has 0 unspecified atom stereocenters. The minimum atomic E-state index is 1.03. The van der Waals surface area contributed by atoms with Gasteiger partial charge in [-0.2, -0.15) is 0 Å². The van der Waals surface area contributed by atoms with Gasteiger partial charge in [-0.05, 0) is 48.9 Å². The molecule has 3 heteroatoms. The van der Waals surface area contributed by atoms with E-state index in [1.165, 1.54) is 73.2 Å². The predicted octanol–water partition coefficient (Wildman–Crippen LogP) is 11.8. The summed E-state index contributed by atoms with van der Waals surface area (Å²) in [5.41, 5.74) is 7.02. The number of pyridine rings is 1. The molecule has 0 aliphatic rings. The van der Waals surface area contributed by atoms with Gasteiger partial charge in [0.2, 0.25) is 0 Å². The maximum Gasteiger partial charge on any atom is 0.0788 e. The van der Waals surface area contributed by atoms with Crippen molar-refractivity contribution in [2.24, 2.45) is 0 Å². The summed E-state index contributed by atoms with van der Waals surface area (Å²) in [5.74, 6) is 0. The van der Waals surface area contributed by atoms with Crippen LogP contribution < -0.4 is 0 Å². The van der Waals surface area contributed by atoms with E-state index in [4.69, 9.17) is 4.98 Å². The zero-order valence-corrected chi connectivity index (χ0v) is 23.9. The Morgan fingerprint density at radius 2 is 1.15 bits per heavy atom. The molecular formula is C38H23NS2. The number of fused-ring (bicyclic) bond motifs is 10. The van der Waals surface area contributed by atoms with E-state index in [0.29, 0.717) is 0 Å². The van der Waals surface area contributed by atoms with E-state index in [2.05, 4.69) is 128 Å². The molecule has 0 atom stereocenters. The number of aryl methyl sites for hydroxylation is 1. The van der Waals surface area contributed by atoms with Gasteiger partial charge in [-0.25, -0.2) is 4.98 Å². The third-order valence-electron chi connectivity index (χ3n) is 8.32. The van der Waals surface area contributed by atoms with E-state index in [-0.39, 0.29) is 0 Å². The standard InChI is InChI=1S/C38H23NS2/c1-22-14-16-23(17-15-22)28-21-30-35(36-27-10-4-7-13-33(27)41-38(28)36)26-9-2-5-11-31(26)39-37(30)24-18-19-34-29(20-24)25-8-3-6-12-32(25)40-34/h2-21H,1H3. The summed E-state index contributed by atoms with van der Waals surface area (Å²) in [6.07, 6.45) is 0. The van der Waals surface area contributed by atoms with E-state index in [9.17, 15) is 0 Å². The van der Waals surface area contributed by atoms with Crippen molar-refractivity contribution in [1.82, 2.24) is 4.98 Å². The Labute approximate surface area is 245 Å². The van der Waals surface area contributed by atoms with Crippen LogP contribution in [0.1, 0.15) is 5.56 Å². The summed E-state index contributed by atoms with van der Waals surface area (Å²) in [6.45, 7) is 2.15. The molecule has 0 saturated heterocycles. The number of thiophene rings is 2. The first-order valence-corrected chi connectivity index (χ1v) is 15.5. The summed E-state index contributed by atoms with van der Waals surface area (Å²) < 4.78 is 5.29. The van der Waals surface area contributed by atoms with E-state index in [1.54, 1.807) is 0 Å². The van der Waals surface area contributed by atoms with Gasteiger partial charge in [0.05, 0.1) is 11.2 Å². The molecule has 0 aliphatic heterocycles. The minimum Gasteiger partial charge on any atom is -0.247 e. The van der Waals surface area contributed by atoms with Crippen LogP contribution in [0.5, 0.6) is 0 Å². The van der Waals surface area contributed by atoms with E-state index < -0.39 is 0 Å². The molecule has 1 nitrogen and oxygen atoms in total. The molecule has 3 aromatic heterocycles. The van der Waals surface area contributed by atoms with Crippen molar-refractivity contribution in [3.63, 3.8) is 0 Å². The second-order valence-electron chi connectivity index (χ2n) is 10.8. The monoisotopic (exact) mass is 557 g/mol. The van der Waals surface area contributed by atoms with E-state index in [0.717, 1.165) is 16.8 Å². The highest BCUT2D eigenvalue weighted by molar-refractivity contribution is 7.26. The number of nitrogens with zero attached hydrogens (tertiary/aromatic N) is 1. The molecule has 0 amide bonds. The molecule has 9 aromatic rings. The van der Waals surface area contributed by atoms with Gasteiger partial charge in [-0.15, -0.1) is 22.7 Å². The van der Waals surface area contributed by atoms with Crippen molar-refractivity contribution in [3.8, 4) is 22.4 Å². The van der Waals surface area contributed by atoms with Crippen LogP contribution in [0.25, 0.3) is 84.4 Å². The van der Waals surface area contributed by atoms with Crippen LogP contribution in [0.15, 0.2) is 121 Å². The third kappa shape index (κ3) is 3.43. The summed E-state index contributed by atoms with van der Waals surface area (Å²) >= 11 is 3.76. The summed E-state index contributed by atoms with van der Waals surface area (Å²) in [5, 5.41) is 8.96. The Bertz CT molecular complexity index is 2480. The van der Waals surface area contributed by atoms with Gasteiger partial charge in [-0.1, -0.05) is 90.5 Å². The van der Waals surface area contributed by atoms with Crippen molar-refractivity contribution in [1.29, 1.82) is 0 Å². The van der Waals surface area contributed by atoms with Crippen molar-refractivity contribution in [3.05, 3.63) is 127 Å². The second-order valence-corrected chi connectivity index (χ2v) is 12.9. The number of hydrogen-bond donors (Lipinski definition) is 0. The number of rotatable bonds is 2. The maximum absolute atomic E-state index is 5.37. The minimum absolute atomic E-state index is 1.03. The van der Waals surface area contributed by atoms with Gasteiger partial charge in [-0.3, -0.25) is 0 Å². The highest BCUT2D eigenvalue weighted by Crippen LogP contribution is 2.48. The van der Waals surface area contributed by atoms with Crippen LogP contribution in [-0.4, -0.2) is 4.98 Å². The molecule has 0 spiro atoms. The number of aromatic nitrogens is 1. The Balaban J connectivity index is 1.48. The summed E-state index contributed by atoms with van der Waals surface area (Å²) in [7, 11) is 0. The lowest BCUT2D eigenvalue weighted by molar-refractivity contribution is 1.43. The Hall–Kier alpha value is -4.57. The molecule has 9 rings (SSSR count). The lowest BCUT2D eigenvalue weighted by Gasteiger charge is -2.15. The maximum atomic E-state index is 5.37. The van der Waals surface area contributed by atoms with Crippen LogP contribution in [0.4, 0.5) is 0 Å². The van der Waals surface area contributed by atoms with Crippen LogP contribution in [0.2, 0.25) is 0 Å². The van der Waals surface area contributed by atoms with Crippen LogP contribution in [0.3, 0.4) is 0 Å². The zero-order valence-electron chi connectivity index (χ0n) is 22.3. The fourth-order valence-electron chi connectivity index (χ4n) is 6.37. The molecule has 0 aliphatic carbocycles. The van der Waals surface area contributed by atoms with E-state index >= 15 is 0 Å². The van der Waals surface area contributed by atoms with Crippen LogP contribution in [0, 0.1) is 6.92 Å². The van der Waals surface area contributed by atoms with Gasteiger partial charge in [0.25, 0.3) is 0 Å². The van der Waals surface area contributed by atoms with Crippen LogP contribution in [-0.2, 0) is 0 Å². The van der Waals surface area contributed by atoms with Crippen molar-refractivity contribution >= 4 is 84.7 Å². The molecular weight excluding hydrogens is 535 g/mol. The topological polar surface area (TPSA) is 12.9 Å². The third-order valence-corrected chi connectivity index (χ3v) is 10.7. The summed E-state index contributed by atoms with van der Waals surface area (Å²) in [6, 6.07) is 44.5. The van der Waals surface area contributed by atoms with Gasteiger partial charge in [0, 0.05) is 67.6 Å². The fourth-order valence-corrected chi connectivity index (χ4v) is 8.70. The Morgan fingerprint density at radius 3 is 1.98 bits per heavy atom. The highest BCUT2D eigenvalue weighted by atomic mass is 32.1. The van der Waals surface area contributed by atoms with Crippen LogP contribution >= 0.6 is 22.7 Å². The lowest BCUT2D eigenvalue weighted by atomic mass is 9.91. The average Bonchev–Trinajstić information content (AvgIpc) is 3.59. The highest BCUT2D eigenvalue weighted by Gasteiger charge is 2.20. The molecule has 0 N–H and O–H groups in total. The molecule has 3 heterocycles. The number of hydrogen-bond acceptors (Lipinski definition) is 3. The van der Waals surface area contributed by atoms with Crippen molar-refractivity contribution in [2.45, 2.75) is 6.92 Å². The van der Waals surface area contributed by atoms with Gasteiger partial charge < -0.3 is 0 Å². The summed E-state index contributed by atoms with van der Waals surface area (Å²) in [4.78, 5) is 5.37. The quantitative estimate of drug-likeness (QED) is 0.193. The van der Waals surface area contributed by atoms with Gasteiger partial charge in [0.1, 0.15) is 0 Å². The van der Waals surface area contributed by atoms with Crippen molar-refractivity contribution in [2.75, 3.05) is 0 Å². The SMILES string of the molecule is Cc1ccc(-c2cc3c(-c4ccc5sc6ccccc6c5c4)nc4ccccc4c3c3c2sc2ccccc23)cc1. The molecule has 0 fully saturated rings. The normalized spacial score (nSPS) is 12.0. The fraction of sp³-hybridized carbons (Fsp3) is 0.0263. The van der Waals surface area contributed by atoms with Crippen molar-refractivity contribution < 1.29 is 0 Å². The smallest absolute Gasteiger partial charge is 0.0788 e. The van der Waals surface area contributed by atoms with Gasteiger partial charge >= 0.3 is 0 Å². The lowest BCUT2D eigenvalue weighted by Crippen LogP contribution is -1.92. The molecule has 0 saturated carbocycles. The number of benzene rings is 6. The first-order chi connectivity index (χ1) is 20.2. The largest absolute Gasteiger partial charge is 0.247 e. The average molecular weight is 558 g/mol. The molecule has 41 heavy (non-hydrogen) atoms. The first kappa shape index (κ1) is 23.2. The molecule has 192 valence electrons. The molecule has 6 aromatic carbocycles. The zero-order chi connectivity index (χ0) is 27.1.